The highest BCUT2D eigenvalue weighted by atomic mass is 16.5. The first-order valence-electron chi connectivity index (χ1n) is 10.3. The number of furan rings is 1. The monoisotopic (exact) mass is 420 g/mol. The highest BCUT2D eigenvalue weighted by Crippen LogP contribution is 2.36. The number of aromatic nitrogens is 1. The molecule has 1 unspecified atom stereocenters. The molecule has 1 atom stereocenters. The summed E-state index contributed by atoms with van der Waals surface area (Å²) in [5.41, 5.74) is 4.29. The van der Waals surface area contributed by atoms with E-state index in [1.54, 1.807) is 7.11 Å². The van der Waals surface area contributed by atoms with Crippen LogP contribution in [0.3, 0.4) is 0 Å². The molecule has 0 amide bonds. The van der Waals surface area contributed by atoms with E-state index in [9.17, 15) is 0 Å². The van der Waals surface area contributed by atoms with Crippen molar-refractivity contribution >= 4 is 28.5 Å². The van der Waals surface area contributed by atoms with Crippen molar-refractivity contribution in [3.63, 3.8) is 0 Å². The first-order valence-corrected chi connectivity index (χ1v) is 10.3. The second kappa shape index (κ2) is 11.1. The molecular weight excluding hydrogens is 392 g/mol. The molecule has 0 radical (unpaired) electrons. The molecule has 1 aliphatic rings. The Morgan fingerprint density at radius 2 is 1.81 bits per heavy atom. The fraction of sp³-hybridized carbons (Fsp3) is 0.280. The van der Waals surface area contributed by atoms with E-state index in [0.717, 1.165) is 33.8 Å². The Labute approximate surface area is 182 Å². The Kier molecular flexibility index (Phi) is 8.01. The largest absolute Gasteiger partial charge is 0.493 e. The fourth-order valence-electron chi connectivity index (χ4n) is 3.42. The molecule has 31 heavy (non-hydrogen) atoms. The minimum absolute atomic E-state index is 0.375. The van der Waals surface area contributed by atoms with Gasteiger partial charge in [0.2, 0.25) is 0 Å². The van der Waals surface area contributed by atoms with Crippen LogP contribution < -0.4 is 10.1 Å². The average molecular weight is 421 g/mol. The van der Waals surface area contributed by atoms with E-state index in [-0.39, 0.29) is 0 Å². The number of methoxy groups -OCH3 is 2. The van der Waals surface area contributed by atoms with E-state index in [4.69, 9.17) is 18.9 Å². The molecule has 0 saturated carbocycles. The Balaban J connectivity index is 0.000000227. The zero-order valence-electron chi connectivity index (χ0n) is 18.1. The van der Waals surface area contributed by atoms with Crippen LogP contribution in [0.4, 0.5) is 0 Å². The van der Waals surface area contributed by atoms with Gasteiger partial charge < -0.3 is 19.2 Å². The summed E-state index contributed by atoms with van der Waals surface area (Å²) >= 11 is 0. The van der Waals surface area contributed by atoms with Crippen molar-refractivity contribution in [3.05, 3.63) is 60.7 Å². The van der Waals surface area contributed by atoms with E-state index in [2.05, 4.69) is 17.0 Å². The van der Waals surface area contributed by atoms with Gasteiger partial charge in [0.1, 0.15) is 11.1 Å². The van der Waals surface area contributed by atoms with Crippen molar-refractivity contribution in [2.75, 3.05) is 20.8 Å². The number of nitrogens with one attached hydrogen (secondary N) is 1. The smallest absolute Gasteiger partial charge is 0.292 e. The first kappa shape index (κ1) is 22.3. The normalized spacial score (nSPS) is 14.9. The number of pyridine rings is 1. The standard InChI is InChI=1S/C18H13NO2.C5H11N.C2H4O2/c1-20-16-11-14(12-7-3-2-4-8-12)19-17-13-9-5-6-10-15(13)21-18(16)17;1-5-3-2-4-6-5;1-4-2-3/h2-11H,1H3;5-6H,2-4H2,1H3;2H,1H3. The molecule has 2 aromatic heterocycles. The van der Waals surface area contributed by atoms with Crippen LogP contribution in [0.25, 0.3) is 33.3 Å². The van der Waals surface area contributed by atoms with E-state index in [1.165, 1.54) is 26.5 Å². The maximum Gasteiger partial charge on any atom is 0.292 e. The van der Waals surface area contributed by atoms with E-state index in [0.29, 0.717) is 17.8 Å². The zero-order valence-corrected chi connectivity index (χ0v) is 18.1. The lowest BCUT2D eigenvalue weighted by Crippen LogP contribution is -2.16. The van der Waals surface area contributed by atoms with E-state index in [1.807, 2.05) is 60.7 Å². The van der Waals surface area contributed by atoms with Crippen molar-refractivity contribution < 1.29 is 18.7 Å². The van der Waals surface area contributed by atoms with Crippen molar-refractivity contribution in [2.24, 2.45) is 0 Å². The molecule has 0 spiro atoms. The molecule has 4 aromatic rings. The number of nitrogens with zero attached hydrogens (tertiary/aromatic N) is 1. The van der Waals surface area contributed by atoms with Crippen LogP contribution in [0.1, 0.15) is 19.8 Å². The average Bonchev–Trinajstić information content (AvgIpc) is 3.46. The van der Waals surface area contributed by atoms with Gasteiger partial charge in [0.25, 0.3) is 6.47 Å². The number of rotatable bonds is 3. The number of ether oxygens (including phenoxy) is 2. The quantitative estimate of drug-likeness (QED) is 0.459. The van der Waals surface area contributed by atoms with Gasteiger partial charge in [-0.05, 0) is 38.4 Å². The van der Waals surface area contributed by atoms with Gasteiger partial charge in [-0.2, -0.15) is 0 Å². The van der Waals surface area contributed by atoms with Gasteiger partial charge in [0.05, 0.1) is 19.9 Å². The maximum atomic E-state index is 8.95. The summed E-state index contributed by atoms with van der Waals surface area (Å²) in [7, 11) is 2.96. The summed E-state index contributed by atoms with van der Waals surface area (Å²) < 4.78 is 15.2. The molecular formula is C25H28N2O4. The predicted octanol–water partition coefficient (Wildman–Crippen LogP) is 5.20. The molecule has 1 saturated heterocycles. The molecule has 6 heteroatoms. The Hall–Kier alpha value is -3.38. The van der Waals surface area contributed by atoms with Crippen LogP contribution in [0.5, 0.6) is 5.75 Å². The lowest BCUT2D eigenvalue weighted by atomic mass is 10.1. The molecule has 1 N–H and O–H groups in total. The van der Waals surface area contributed by atoms with Crippen molar-refractivity contribution in [2.45, 2.75) is 25.8 Å². The van der Waals surface area contributed by atoms with Crippen LogP contribution in [0.2, 0.25) is 0 Å². The lowest BCUT2D eigenvalue weighted by Gasteiger charge is -2.05. The minimum Gasteiger partial charge on any atom is -0.493 e. The number of benzene rings is 2. The number of carbonyl (C=O) groups is 1. The van der Waals surface area contributed by atoms with Crippen LogP contribution in [-0.4, -0.2) is 38.3 Å². The second-order valence-electron chi connectivity index (χ2n) is 7.18. The second-order valence-corrected chi connectivity index (χ2v) is 7.18. The summed E-state index contributed by atoms with van der Waals surface area (Å²) in [6.45, 7) is 3.84. The van der Waals surface area contributed by atoms with Gasteiger partial charge >= 0.3 is 0 Å². The number of fused-ring (bicyclic) bond motifs is 3. The zero-order chi connectivity index (χ0) is 22.1. The predicted molar refractivity (Wildman–Crippen MR) is 123 cm³/mol. The van der Waals surface area contributed by atoms with Crippen LogP contribution in [0.15, 0.2) is 65.1 Å². The van der Waals surface area contributed by atoms with Gasteiger partial charge in [0.15, 0.2) is 11.3 Å². The van der Waals surface area contributed by atoms with Crippen LogP contribution in [-0.2, 0) is 9.53 Å². The number of hydrogen-bond acceptors (Lipinski definition) is 6. The molecule has 3 heterocycles. The van der Waals surface area contributed by atoms with E-state index < -0.39 is 0 Å². The molecule has 1 aliphatic heterocycles. The first-order chi connectivity index (χ1) is 15.2. The molecule has 5 rings (SSSR count). The van der Waals surface area contributed by atoms with Gasteiger partial charge in [-0.15, -0.1) is 0 Å². The third kappa shape index (κ3) is 5.61. The summed E-state index contributed by atoms with van der Waals surface area (Å²) in [6, 6.07) is 20.7. The Bertz CT molecular complexity index is 1100. The molecule has 1 fully saturated rings. The van der Waals surface area contributed by atoms with Crippen molar-refractivity contribution in [3.8, 4) is 17.0 Å². The Morgan fingerprint density at radius 3 is 2.39 bits per heavy atom. The van der Waals surface area contributed by atoms with Gasteiger partial charge in [0, 0.05) is 23.1 Å². The van der Waals surface area contributed by atoms with Gasteiger partial charge in [-0.1, -0.05) is 42.5 Å². The van der Waals surface area contributed by atoms with Gasteiger partial charge in [-0.25, -0.2) is 4.98 Å². The number of carbonyl (C=O) groups excluding carboxylic acids is 1. The Morgan fingerprint density at radius 1 is 1.10 bits per heavy atom. The van der Waals surface area contributed by atoms with Crippen molar-refractivity contribution in [1.29, 1.82) is 0 Å². The molecule has 162 valence electrons. The molecule has 6 nitrogen and oxygen atoms in total. The third-order valence-electron chi connectivity index (χ3n) is 4.99. The fourth-order valence-corrected chi connectivity index (χ4v) is 3.42. The van der Waals surface area contributed by atoms with Crippen molar-refractivity contribution in [1.82, 2.24) is 10.3 Å². The number of para-hydroxylation sites is 1. The van der Waals surface area contributed by atoms with Crippen LogP contribution >= 0.6 is 0 Å². The summed E-state index contributed by atoms with van der Waals surface area (Å²) in [6.07, 6.45) is 2.75. The summed E-state index contributed by atoms with van der Waals surface area (Å²) in [5.74, 6) is 0.704. The highest BCUT2D eigenvalue weighted by molar-refractivity contribution is 6.05. The summed E-state index contributed by atoms with van der Waals surface area (Å²) in [4.78, 5) is 13.7. The van der Waals surface area contributed by atoms with E-state index >= 15 is 0 Å². The minimum atomic E-state index is 0.375. The molecule has 0 aliphatic carbocycles. The maximum absolute atomic E-state index is 8.95. The van der Waals surface area contributed by atoms with Crippen LogP contribution in [0, 0.1) is 0 Å². The topological polar surface area (TPSA) is 73.6 Å². The summed E-state index contributed by atoms with van der Waals surface area (Å²) in [5, 5.41) is 4.32. The molecule has 0 bridgehead atoms. The highest BCUT2D eigenvalue weighted by Gasteiger charge is 2.15. The molecule has 2 aromatic carbocycles. The number of hydrogen-bond donors (Lipinski definition) is 1. The third-order valence-corrected chi connectivity index (χ3v) is 4.99. The SMILES string of the molecule is CC1CCCN1.COC=O.COc1cc(-c2ccccc2)nc2c1oc1ccccc12. The lowest BCUT2D eigenvalue weighted by molar-refractivity contribution is -0.126. The van der Waals surface area contributed by atoms with Gasteiger partial charge in [-0.3, -0.25) is 4.79 Å².